The van der Waals surface area contributed by atoms with Crippen molar-refractivity contribution in [3.05, 3.63) is 100 Å². The summed E-state index contributed by atoms with van der Waals surface area (Å²) in [5.74, 6) is 3.28. The molecule has 0 saturated heterocycles. The summed E-state index contributed by atoms with van der Waals surface area (Å²) >= 11 is 3.81. The molecule has 0 aliphatic carbocycles. The first-order valence-corrected chi connectivity index (χ1v) is 21.5. The average Bonchev–Trinajstić information content (AvgIpc) is 3.97. The van der Waals surface area contributed by atoms with Gasteiger partial charge in [0.1, 0.15) is 0 Å². The molecule has 286 valence electrons. The zero-order chi connectivity index (χ0) is 39.4. The van der Waals surface area contributed by atoms with Crippen molar-refractivity contribution in [2.75, 3.05) is 23.4 Å². The Balaban J connectivity index is 1.31. The van der Waals surface area contributed by atoms with Crippen LogP contribution in [-0.4, -0.2) is 20.3 Å². The van der Waals surface area contributed by atoms with Gasteiger partial charge in [0.2, 0.25) is 13.6 Å². The van der Waals surface area contributed by atoms with Crippen LogP contribution >= 0.6 is 22.7 Å². The van der Waals surface area contributed by atoms with Crippen LogP contribution in [0.5, 0.6) is 23.0 Å². The predicted octanol–water partition coefficient (Wildman–Crippen LogP) is 11.5. The summed E-state index contributed by atoms with van der Waals surface area (Å²) < 4.78 is 26.8. The van der Waals surface area contributed by atoms with Gasteiger partial charge in [-0.3, -0.25) is 0 Å². The Hall–Kier alpha value is -5.12. The van der Waals surface area contributed by atoms with E-state index in [1.807, 2.05) is 22.7 Å². The molecule has 7 aromatic rings. The molecule has 0 spiro atoms. The van der Waals surface area contributed by atoms with Gasteiger partial charge >= 0.3 is 0 Å². The molecule has 2 aromatic heterocycles. The zero-order valence-electron chi connectivity index (χ0n) is 34.2. The van der Waals surface area contributed by atoms with Gasteiger partial charge in [-0.1, -0.05) is 71.9 Å². The normalized spacial score (nSPS) is 15.2. The molecule has 4 aliphatic rings. The largest absolute Gasteiger partial charge is 0.454 e. The van der Waals surface area contributed by atoms with Gasteiger partial charge in [-0.05, 0) is 124 Å². The molecule has 6 heterocycles. The van der Waals surface area contributed by atoms with E-state index in [1.54, 1.807) is 0 Å². The van der Waals surface area contributed by atoms with Crippen LogP contribution in [0.4, 0.5) is 32.8 Å². The lowest BCUT2D eigenvalue weighted by Crippen LogP contribution is -2.60. The molecular formula is C48H45BN2O4S2. The quantitative estimate of drug-likeness (QED) is 0.163. The van der Waals surface area contributed by atoms with Crippen LogP contribution in [0.25, 0.3) is 20.2 Å². The van der Waals surface area contributed by atoms with Gasteiger partial charge < -0.3 is 28.7 Å². The molecule has 0 radical (unpaired) electrons. The van der Waals surface area contributed by atoms with Crippen LogP contribution in [-0.2, 0) is 10.8 Å². The third-order valence-corrected chi connectivity index (χ3v) is 14.9. The number of rotatable bonds is 2. The summed E-state index contributed by atoms with van der Waals surface area (Å²) in [7, 11) is 0. The van der Waals surface area contributed by atoms with Gasteiger partial charge in [0.25, 0.3) is 6.71 Å². The summed E-state index contributed by atoms with van der Waals surface area (Å²) in [5.41, 5.74) is 15.9. The lowest BCUT2D eigenvalue weighted by atomic mass is 9.33. The summed E-state index contributed by atoms with van der Waals surface area (Å²) in [6, 6.07) is 25.6. The highest BCUT2D eigenvalue weighted by Gasteiger charge is 2.48. The van der Waals surface area contributed by atoms with Crippen molar-refractivity contribution in [3.63, 3.8) is 0 Å². The van der Waals surface area contributed by atoms with Crippen molar-refractivity contribution in [2.24, 2.45) is 0 Å². The minimum atomic E-state index is -0.00937. The third kappa shape index (κ3) is 4.82. The van der Waals surface area contributed by atoms with E-state index in [0.29, 0.717) is 0 Å². The highest BCUT2D eigenvalue weighted by Crippen LogP contribution is 2.55. The summed E-state index contributed by atoms with van der Waals surface area (Å²) in [5, 5.41) is 5.18. The monoisotopic (exact) mass is 788 g/mol. The van der Waals surface area contributed by atoms with Gasteiger partial charge in [-0.25, -0.2) is 0 Å². The van der Waals surface area contributed by atoms with Crippen LogP contribution in [0.15, 0.2) is 66.7 Å². The minimum absolute atomic E-state index is 0.00844. The van der Waals surface area contributed by atoms with Crippen molar-refractivity contribution in [3.8, 4) is 23.0 Å². The van der Waals surface area contributed by atoms with Crippen molar-refractivity contribution in [1.29, 1.82) is 0 Å². The fraction of sp³-hybridized carbons (Fsp3) is 0.292. The fourth-order valence-corrected chi connectivity index (χ4v) is 12.2. The summed E-state index contributed by atoms with van der Waals surface area (Å²) in [6.45, 7) is 23.2. The second-order valence-corrected chi connectivity index (χ2v) is 20.2. The lowest BCUT2D eigenvalue weighted by molar-refractivity contribution is 0.173. The number of benzene rings is 5. The van der Waals surface area contributed by atoms with Crippen molar-refractivity contribution in [1.82, 2.24) is 0 Å². The van der Waals surface area contributed by atoms with E-state index < -0.39 is 0 Å². The number of anilines is 6. The minimum Gasteiger partial charge on any atom is -0.454 e. The molecule has 4 aliphatic heterocycles. The van der Waals surface area contributed by atoms with Gasteiger partial charge in [-0.15, -0.1) is 22.7 Å². The maximum absolute atomic E-state index is 6.17. The maximum Gasteiger partial charge on any atom is 0.256 e. The van der Waals surface area contributed by atoms with Crippen LogP contribution < -0.4 is 45.1 Å². The highest BCUT2D eigenvalue weighted by atomic mass is 32.1. The van der Waals surface area contributed by atoms with Crippen LogP contribution in [0.1, 0.15) is 74.9 Å². The molecule has 57 heavy (non-hydrogen) atoms. The Labute approximate surface area is 342 Å². The van der Waals surface area contributed by atoms with Crippen molar-refractivity contribution >= 4 is 98.7 Å². The second kappa shape index (κ2) is 11.7. The Bertz CT molecular complexity index is 2720. The highest BCUT2D eigenvalue weighted by molar-refractivity contribution is 7.29. The van der Waals surface area contributed by atoms with Crippen LogP contribution in [0, 0.1) is 27.7 Å². The van der Waals surface area contributed by atoms with Gasteiger partial charge in [0, 0.05) is 31.9 Å². The number of ether oxygens (including phenoxy) is 4. The number of nitrogens with zero attached hydrogens (tertiary/aromatic N) is 2. The first-order valence-electron chi connectivity index (χ1n) is 19.9. The Morgan fingerprint density at radius 3 is 1.40 bits per heavy atom. The first-order chi connectivity index (χ1) is 27.2. The molecule has 0 atom stereocenters. The molecule has 0 N–H and O–H groups in total. The standard InChI is InChI=1S/C48H45BN2O4S2/c1-24-18-34-43(54-22-52-34)26(3)41(24)50-32-12-11-13-33-40(32)49(38-30-20-28(47(5,6)7)14-16-36(30)56-45(38)50)39-31-21-29(48(8,9)10)15-17-37(31)57-46(39)51(33)42-25(2)19-35-44(27(42)4)55-23-53-35/h11-21H,22-23H2,1-10H3. The van der Waals surface area contributed by atoms with Gasteiger partial charge in [-0.2, -0.15) is 0 Å². The fourth-order valence-electron chi connectivity index (χ4n) is 9.76. The van der Waals surface area contributed by atoms with Gasteiger partial charge in [0.05, 0.1) is 21.4 Å². The Morgan fingerprint density at radius 1 is 0.544 bits per heavy atom. The first kappa shape index (κ1) is 35.1. The Morgan fingerprint density at radius 2 is 0.982 bits per heavy atom. The number of thiophene rings is 2. The number of hydrogen-bond donors (Lipinski definition) is 0. The molecule has 9 heteroatoms. The van der Waals surface area contributed by atoms with Gasteiger partial charge in [0.15, 0.2) is 23.0 Å². The average molecular weight is 789 g/mol. The summed E-state index contributed by atoms with van der Waals surface area (Å²) in [4.78, 5) is 5.10. The number of hydrogen-bond acceptors (Lipinski definition) is 8. The van der Waals surface area contributed by atoms with E-state index >= 15 is 0 Å². The van der Waals surface area contributed by atoms with E-state index in [9.17, 15) is 0 Å². The van der Waals surface area contributed by atoms with Crippen LogP contribution in [0.3, 0.4) is 0 Å². The van der Waals surface area contributed by atoms with E-state index in [2.05, 4.69) is 146 Å². The van der Waals surface area contributed by atoms with Crippen molar-refractivity contribution < 1.29 is 18.9 Å². The molecule has 0 unspecified atom stereocenters. The SMILES string of the molecule is Cc1cc2c(c(C)c1N1c3cccc4c3B(c3c1sc1ccc(C(C)(C)C)cc31)c1c(sc3ccc(C(C)(C)C)cc13)N4c1c(C)cc3c(c1C)OCO3)OCO2. The van der Waals surface area contributed by atoms with E-state index in [4.69, 9.17) is 18.9 Å². The van der Waals surface area contributed by atoms with E-state index in [0.717, 1.165) is 56.6 Å². The van der Waals surface area contributed by atoms with E-state index in [-0.39, 0.29) is 31.1 Å². The smallest absolute Gasteiger partial charge is 0.256 e. The molecule has 6 nitrogen and oxygen atoms in total. The maximum atomic E-state index is 6.17. The molecule has 11 rings (SSSR count). The number of aryl methyl sites for hydroxylation is 2. The molecule has 5 aromatic carbocycles. The predicted molar refractivity (Wildman–Crippen MR) is 240 cm³/mol. The molecular weight excluding hydrogens is 743 g/mol. The molecule has 0 fully saturated rings. The summed E-state index contributed by atoms with van der Waals surface area (Å²) in [6.07, 6.45) is 0. The zero-order valence-corrected chi connectivity index (χ0v) is 35.8. The second-order valence-electron chi connectivity index (χ2n) is 18.2. The van der Waals surface area contributed by atoms with E-state index in [1.165, 1.54) is 69.1 Å². The van der Waals surface area contributed by atoms with Crippen molar-refractivity contribution in [2.45, 2.75) is 80.1 Å². The topological polar surface area (TPSA) is 43.4 Å². The Kier molecular flexibility index (Phi) is 7.22. The molecule has 0 bridgehead atoms. The molecule has 0 amide bonds. The van der Waals surface area contributed by atoms with Crippen LogP contribution in [0.2, 0.25) is 0 Å². The lowest BCUT2D eigenvalue weighted by Gasteiger charge is -2.43. The number of fused-ring (bicyclic) bond motifs is 10. The third-order valence-electron chi connectivity index (χ3n) is 12.5. The molecule has 0 saturated carbocycles.